The van der Waals surface area contributed by atoms with Gasteiger partial charge in [-0.25, -0.2) is 8.78 Å². The molecule has 0 saturated carbocycles. The number of nitrogens with zero attached hydrogens (tertiary/aromatic N) is 1. The fraction of sp³-hybridized carbons (Fsp3) is 0.222. The molecule has 0 heterocycles. The summed E-state index contributed by atoms with van der Waals surface area (Å²) in [5.74, 6) is -2.52. The third kappa shape index (κ3) is 4.32. The highest BCUT2D eigenvalue weighted by Crippen LogP contribution is 2.29. The zero-order valence-corrected chi connectivity index (χ0v) is 14.1. The monoisotopic (exact) mass is 348 g/mol. The normalized spacial score (nSPS) is 10.3. The highest BCUT2D eigenvalue weighted by atomic mass is 19.1. The molecule has 2 amide bonds. The van der Waals surface area contributed by atoms with Crippen LogP contribution in [0.2, 0.25) is 0 Å². The lowest BCUT2D eigenvalue weighted by Crippen LogP contribution is -2.37. The molecule has 0 aliphatic rings. The number of ether oxygens (including phenoxy) is 1. The number of carbonyl (C=O) groups is 2. The number of aryl methyl sites for hydroxylation is 1. The van der Waals surface area contributed by atoms with Gasteiger partial charge in [0.05, 0.1) is 12.8 Å². The van der Waals surface area contributed by atoms with Crippen molar-refractivity contribution >= 4 is 23.2 Å². The molecular weight excluding hydrogens is 330 g/mol. The van der Waals surface area contributed by atoms with Crippen molar-refractivity contribution in [3.63, 3.8) is 0 Å². The Morgan fingerprint density at radius 3 is 2.36 bits per heavy atom. The van der Waals surface area contributed by atoms with Gasteiger partial charge in [-0.2, -0.15) is 0 Å². The summed E-state index contributed by atoms with van der Waals surface area (Å²) in [5, 5.41) is 2.16. The van der Waals surface area contributed by atoms with Gasteiger partial charge in [0.25, 0.3) is 0 Å². The third-order valence-corrected chi connectivity index (χ3v) is 3.53. The number of anilines is 2. The summed E-state index contributed by atoms with van der Waals surface area (Å²) in [5.41, 5.74) is 0.717. The Labute approximate surface area is 144 Å². The molecule has 2 rings (SSSR count). The molecule has 132 valence electrons. The standard InChI is InChI=1S/C18H18F2N2O3/c1-11-7-8-16(25-3)15(9-11)22(12(2)23)10-17(24)21-18-13(19)5-4-6-14(18)20/h4-9H,10H2,1-3H3,(H,21,24). The number of amides is 2. The summed E-state index contributed by atoms with van der Waals surface area (Å²) in [4.78, 5) is 25.4. The minimum absolute atomic E-state index is 0.402. The zero-order valence-electron chi connectivity index (χ0n) is 14.1. The van der Waals surface area contributed by atoms with Crippen molar-refractivity contribution < 1.29 is 23.1 Å². The minimum atomic E-state index is -0.893. The van der Waals surface area contributed by atoms with E-state index >= 15 is 0 Å². The Morgan fingerprint density at radius 2 is 1.80 bits per heavy atom. The number of carbonyl (C=O) groups excluding carboxylic acids is 2. The van der Waals surface area contributed by atoms with Crippen LogP contribution in [-0.4, -0.2) is 25.5 Å². The molecule has 25 heavy (non-hydrogen) atoms. The number of nitrogens with one attached hydrogen (secondary N) is 1. The fourth-order valence-electron chi connectivity index (χ4n) is 2.32. The molecule has 0 saturated heterocycles. The lowest BCUT2D eigenvalue weighted by molar-refractivity contribution is -0.120. The Balaban J connectivity index is 2.27. The summed E-state index contributed by atoms with van der Waals surface area (Å²) >= 11 is 0. The van der Waals surface area contributed by atoms with Gasteiger partial charge in [-0.15, -0.1) is 0 Å². The molecule has 0 unspecified atom stereocenters. The molecule has 0 fully saturated rings. The van der Waals surface area contributed by atoms with Gasteiger partial charge in [0.1, 0.15) is 29.6 Å². The second-order valence-corrected chi connectivity index (χ2v) is 5.43. The van der Waals surface area contributed by atoms with E-state index in [1.54, 1.807) is 18.2 Å². The van der Waals surface area contributed by atoms with Gasteiger partial charge in [-0.3, -0.25) is 14.5 Å². The van der Waals surface area contributed by atoms with Gasteiger partial charge in [0, 0.05) is 6.92 Å². The molecule has 0 aromatic heterocycles. The minimum Gasteiger partial charge on any atom is -0.495 e. The Bertz CT molecular complexity index is 789. The van der Waals surface area contributed by atoms with Crippen molar-refractivity contribution in [2.75, 3.05) is 23.9 Å². The molecule has 0 bridgehead atoms. The quantitative estimate of drug-likeness (QED) is 0.902. The molecular formula is C18H18F2N2O3. The largest absolute Gasteiger partial charge is 0.495 e. The second kappa shape index (κ2) is 7.74. The van der Waals surface area contributed by atoms with Gasteiger partial charge >= 0.3 is 0 Å². The van der Waals surface area contributed by atoms with Crippen molar-refractivity contribution in [2.24, 2.45) is 0 Å². The van der Waals surface area contributed by atoms with Crippen LogP contribution in [0.5, 0.6) is 5.75 Å². The average Bonchev–Trinajstić information content (AvgIpc) is 2.56. The number of hydrogen-bond donors (Lipinski definition) is 1. The summed E-state index contributed by atoms with van der Waals surface area (Å²) in [7, 11) is 1.45. The van der Waals surface area contributed by atoms with Crippen LogP contribution < -0.4 is 15.0 Å². The van der Waals surface area contributed by atoms with E-state index in [1.165, 1.54) is 25.0 Å². The number of halogens is 2. The molecule has 2 aromatic rings. The van der Waals surface area contributed by atoms with Crippen molar-refractivity contribution in [3.05, 3.63) is 53.6 Å². The Kier molecular flexibility index (Phi) is 5.69. The van der Waals surface area contributed by atoms with E-state index in [2.05, 4.69) is 5.32 Å². The summed E-state index contributed by atoms with van der Waals surface area (Å²) in [6.45, 7) is 2.71. The third-order valence-electron chi connectivity index (χ3n) is 3.53. The maximum atomic E-state index is 13.6. The Hall–Kier alpha value is -2.96. The first-order valence-electron chi connectivity index (χ1n) is 7.50. The maximum absolute atomic E-state index is 13.6. The number of benzene rings is 2. The first-order chi connectivity index (χ1) is 11.8. The number of rotatable bonds is 5. The predicted octanol–water partition coefficient (Wildman–Crippen LogP) is 3.27. The molecule has 5 nitrogen and oxygen atoms in total. The van der Waals surface area contributed by atoms with E-state index in [4.69, 9.17) is 4.74 Å². The predicted molar refractivity (Wildman–Crippen MR) is 90.7 cm³/mol. The van der Waals surface area contributed by atoms with Crippen molar-refractivity contribution in [1.29, 1.82) is 0 Å². The number of para-hydroxylation sites is 1. The fourth-order valence-corrected chi connectivity index (χ4v) is 2.32. The van der Waals surface area contributed by atoms with Gasteiger partial charge in [0.2, 0.25) is 11.8 Å². The lowest BCUT2D eigenvalue weighted by atomic mass is 10.2. The van der Waals surface area contributed by atoms with Crippen molar-refractivity contribution in [2.45, 2.75) is 13.8 Å². The molecule has 0 radical (unpaired) electrons. The highest BCUT2D eigenvalue weighted by Gasteiger charge is 2.21. The summed E-state index contributed by atoms with van der Waals surface area (Å²) in [6.07, 6.45) is 0. The summed E-state index contributed by atoms with van der Waals surface area (Å²) in [6, 6.07) is 8.43. The van der Waals surface area contributed by atoms with Crippen LogP contribution in [0.15, 0.2) is 36.4 Å². The smallest absolute Gasteiger partial charge is 0.244 e. The van der Waals surface area contributed by atoms with Crippen molar-refractivity contribution in [3.8, 4) is 5.75 Å². The molecule has 0 aliphatic carbocycles. The molecule has 0 spiro atoms. The second-order valence-electron chi connectivity index (χ2n) is 5.43. The van der Waals surface area contributed by atoms with Crippen LogP contribution in [-0.2, 0) is 9.59 Å². The lowest BCUT2D eigenvalue weighted by Gasteiger charge is -2.23. The van der Waals surface area contributed by atoms with Crippen LogP contribution in [0.3, 0.4) is 0 Å². The number of methoxy groups -OCH3 is 1. The first kappa shape index (κ1) is 18.4. The van der Waals surface area contributed by atoms with E-state index in [0.717, 1.165) is 17.7 Å². The van der Waals surface area contributed by atoms with Gasteiger partial charge in [0.15, 0.2) is 0 Å². The molecule has 0 aliphatic heterocycles. The van der Waals surface area contributed by atoms with E-state index < -0.39 is 35.7 Å². The molecule has 2 aromatic carbocycles. The summed E-state index contributed by atoms with van der Waals surface area (Å²) < 4.78 is 32.5. The molecule has 0 atom stereocenters. The van der Waals surface area contributed by atoms with Crippen LogP contribution in [0, 0.1) is 18.6 Å². The zero-order chi connectivity index (χ0) is 18.6. The SMILES string of the molecule is COc1ccc(C)cc1N(CC(=O)Nc1c(F)cccc1F)C(C)=O. The van der Waals surface area contributed by atoms with Crippen molar-refractivity contribution in [1.82, 2.24) is 0 Å². The maximum Gasteiger partial charge on any atom is 0.244 e. The topological polar surface area (TPSA) is 58.6 Å². The van der Waals surface area contributed by atoms with Crippen LogP contribution in [0.25, 0.3) is 0 Å². The van der Waals surface area contributed by atoms with Crippen LogP contribution >= 0.6 is 0 Å². The van der Waals surface area contributed by atoms with Gasteiger partial charge < -0.3 is 10.1 Å². The molecule has 1 N–H and O–H groups in total. The van der Waals surface area contributed by atoms with E-state index in [1.807, 2.05) is 6.92 Å². The Morgan fingerprint density at radius 1 is 1.16 bits per heavy atom. The van der Waals surface area contributed by atoms with Crippen LogP contribution in [0.1, 0.15) is 12.5 Å². The van der Waals surface area contributed by atoms with Crippen LogP contribution in [0.4, 0.5) is 20.2 Å². The highest BCUT2D eigenvalue weighted by molar-refractivity contribution is 6.02. The first-order valence-corrected chi connectivity index (χ1v) is 7.50. The van der Waals surface area contributed by atoms with E-state index in [-0.39, 0.29) is 0 Å². The number of hydrogen-bond acceptors (Lipinski definition) is 3. The van der Waals surface area contributed by atoms with Gasteiger partial charge in [-0.05, 0) is 36.8 Å². The molecule has 7 heteroatoms. The van der Waals surface area contributed by atoms with E-state index in [9.17, 15) is 18.4 Å². The average molecular weight is 348 g/mol. The van der Waals surface area contributed by atoms with E-state index in [0.29, 0.717) is 11.4 Å². The van der Waals surface area contributed by atoms with Gasteiger partial charge in [-0.1, -0.05) is 12.1 Å².